The molecule has 2 rings (SSSR count). The average Bonchev–Trinajstić information content (AvgIpc) is 2.45. The van der Waals surface area contributed by atoms with E-state index < -0.39 is 0 Å². The van der Waals surface area contributed by atoms with Crippen LogP contribution in [0.4, 0.5) is 4.39 Å². The van der Waals surface area contributed by atoms with Crippen LogP contribution in [-0.2, 0) is 6.42 Å². The SMILES string of the molecule is CC(C)(C)NCC(Cc1ccccc1F)c1ccccc1. The normalized spacial score (nSPS) is 13.1. The molecule has 2 aromatic carbocycles. The summed E-state index contributed by atoms with van der Waals surface area (Å²) in [5, 5.41) is 3.54. The Hall–Kier alpha value is -1.67. The van der Waals surface area contributed by atoms with Gasteiger partial charge < -0.3 is 5.32 Å². The van der Waals surface area contributed by atoms with Crippen LogP contribution >= 0.6 is 0 Å². The van der Waals surface area contributed by atoms with Crippen molar-refractivity contribution in [3.63, 3.8) is 0 Å². The molecule has 112 valence electrons. The highest BCUT2D eigenvalue weighted by atomic mass is 19.1. The summed E-state index contributed by atoms with van der Waals surface area (Å²) in [7, 11) is 0. The summed E-state index contributed by atoms with van der Waals surface area (Å²) in [5.74, 6) is 0.150. The van der Waals surface area contributed by atoms with E-state index in [2.05, 4.69) is 38.2 Å². The van der Waals surface area contributed by atoms with E-state index in [1.54, 1.807) is 6.07 Å². The van der Waals surface area contributed by atoms with Crippen LogP contribution < -0.4 is 5.32 Å². The number of rotatable bonds is 5. The van der Waals surface area contributed by atoms with Gasteiger partial charge in [-0.25, -0.2) is 4.39 Å². The molecular weight excluding hydrogens is 261 g/mol. The van der Waals surface area contributed by atoms with Crippen LogP contribution in [0.1, 0.15) is 37.8 Å². The van der Waals surface area contributed by atoms with Gasteiger partial charge in [0.15, 0.2) is 0 Å². The Kier molecular flexibility index (Phi) is 5.13. The largest absolute Gasteiger partial charge is 0.311 e. The van der Waals surface area contributed by atoms with E-state index in [4.69, 9.17) is 0 Å². The molecule has 21 heavy (non-hydrogen) atoms. The lowest BCUT2D eigenvalue weighted by atomic mass is 9.91. The zero-order chi connectivity index (χ0) is 15.3. The van der Waals surface area contributed by atoms with Gasteiger partial charge in [-0.3, -0.25) is 0 Å². The molecule has 0 bridgehead atoms. The van der Waals surface area contributed by atoms with E-state index >= 15 is 0 Å². The number of benzene rings is 2. The molecule has 0 amide bonds. The number of hydrogen-bond acceptors (Lipinski definition) is 1. The van der Waals surface area contributed by atoms with Gasteiger partial charge in [-0.1, -0.05) is 48.5 Å². The monoisotopic (exact) mass is 285 g/mol. The minimum atomic E-state index is -0.116. The van der Waals surface area contributed by atoms with Gasteiger partial charge in [-0.2, -0.15) is 0 Å². The van der Waals surface area contributed by atoms with Crippen molar-refractivity contribution in [3.05, 3.63) is 71.5 Å². The molecular formula is C19H24FN. The van der Waals surface area contributed by atoms with Crippen molar-refractivity contribution in [2.75, 3.05) is 6.54 Å². The molecule has 1 N–H and O–H groups in total. The predicted octanol–water partition coefficient (Wildman–Crippen LogP) is 4.54. The Morgan fingerprint density at radius 3 is 2.19 bits per heavy atom. The van der Waals surface area contributed by atoms with Gasteiger partial charge in [0.1, 0.15) is 5.82 Å². The topological polar surface area (TPSA) is 12.0 Å². The summed E-state index contributed by atoms with van der Waals surface area (Å²) < 4.78 is 13.9. The minimum Gasteiger partial charge on any atom is -0.311 e. The first-order valence-corrected chi connectivity index (χ1v) is 7.49. The molecule has 0 aliphatic carbocycles. The van der Waals surface area contributed by atoms with Crippen molar-refractivity contribution in [1.29, 1.82) is 0 Å². The molecule has 0 heterocycles. The van der Waals surface area contributed by atoms with Crippen LogP contribution in [0.5, 0.6) is 0 Å². The third-order valence-corrected chi connectivity index (χ3v) is 3.57. The van der Waals surface area contributed by atoms with Gasteiger partial charge in [0.25, 0.3) is 0 Å². The zero-order valence-corrected chi connectivity index (χ0v) is 13.1. The maximum absolute atomic E-state index is 13.9. The lowest BCUT2D eigenvalue weighted by Gasteiger charge is -2.26. The van der Waals surface area contributed by atoms with Crippen molar-refractivity contribution in [3.8, 4) is 0 Å². The fraction of sp³-hybridized carbons (Fsp3) is 0.368. The maximum Gasteiger partial charge on any atom is 0.126 e. The van der Waals surface area contributed by atoms with Crippen molar-refractivity contribution < 1.29 is 4.39 Å². The van der Waals surface area contributed by atoms with E-state index in [0.717, 1.165) is 12.1 Å². The van der Waals surface area contributed by atoms with E-state index in [-0.39, 0.29) is 17.3 Å². The molecule has 1 atom stereocenters. The number of halogens is 1. The molecule has 2 aromatic rings. The quantitative estimate of drug-likeness (QED) is 0.850. The van der Waals surface area contributed by atoms with Crippen LogP contribution in [0.25, 0.3) is 0 Å². The summed E-state index contributed by atoms with van der Waals surface area (Å²) in [6.07, 6.45) is 0.708. The van der Waals surface area contributed by atoms with Crippen molar-refractivity contribution in [1.82, 2.24) is 5.32 Å². The summed E-state index contributed by atoms with van der Waals surface area (Å²) in [6, 6.07) is 17.4. The van der Waals surface area contributed by atoms with Gasteiger partial charge in [0, 0.05) is 18.0 Å². The van der Waals surface area contributed by atoms with Crippen LogP contribution in [-0.4, -0.2) is 12.1 Å². The first-order chi connectivity index (χ1) is 9.96. The smallest absolute Gasteiger partial charge is 0.126 e. The summed E-state index contributed by atoms with van der Waals surface area (Å²) in [6.45, 7) is 7.29. The van der Waals surface area contributed by atoms with Crippen molar-refractivity contribution >= 4 is 0 Å². The Labute approximate surface area is 127 Å². The van der Waals surface area contributed by atoms with Gasteiger partial charge >= 0.3 is 0 Å². The second-order valence-electron chi connectivity index (χ2n) is 6.53. The van der Waals surface area contributed by atoms with Gasteiger partial charge in [0.05, 0.1) is 0 Å². The third-order valence-electron chi connectivity index (χ3n) is 3.57. The molecule has 0 saturated carbocycles. The molecule has 1 unspecified atom stereocenters. The van der Waals surface area contributed by atoms with Crippen LogP contribution in [0, 0.1) is 5.82 Å². The molecule has 0 aliphatic heterocycles. The molecule has 1 nitrogen and oxygen atoms in total. The summed E-state index contributed by atoms with van der Waals surface area (Å²) in [4.78, 5) is 0. The minimum absolute atomic E-state index is 0.0578. The standard InChI is InChI=1S/C19H24FN/c1-19(2,3)21-14-17(15-9-5-4-6-10-15)13-16-11-7-8-12-18(16)20/h4-12,17,21H,13-14H2,1-3H3. The first kappa shape index (κ1) is 15.7. The molecule has 2 heteroatoms. The van der Waals surface area contributed by atoms with Gasteiger partial charge in [0.2, 0.25) is 0 Å². The van der Waals surface area contributed by atoms with Crippen molar-refractivity contribution in [2.24, 2.45) is 0 Å². The first-order valence-electron chi connectivity index (χ1n) is 7.49. The maximum atomic E-state index is 13.9. The average molecular weight is 285 g/mol. The highest BCUT2D eigenvalue weighted by Gasteiger charge is 2.17. The summed E-state index contributed by atoms with van der Waals surface area (Å²) in [5.41, 5.74) is 2.09. The van der Waals surface area contributed by atoms with E-state index in [9.17, 15) is 4.39 Å². The third kappa shape index (κ3) is 4.98. The molecule has 0 fully saturated rings. The van der Waals surface area contributed by atoms with E-state index in [1.165, 1.54) is 11.6 Å². The Bertz CT molecular complexity index is 557. The highest BCUT2D eigenvalue weighted by Crippen LogP contribution is 2.22. The Morgan fingerprint density at radius 2 is 1.57 bits per heavy atom. The molecule has 0 aromatic heterocycles. The van der Waals surface area contributed by atoms with E-state index in [0.29, 0.717) is 6.42 Å². The molecule has 0 spiro atoms. The lowest BCUT2D eigenvalue weighted by molar-refractivity contribution is 0.403. The highest BCUT2D eigenvalue weighted by molar-refractivity contribution is 5.25. The second kappa shape index (κ2) is 6.86. The van der Waals surface area contributed by atoms with Crippen LogP contribution in [0.3, 0.4) is 0 Å². The van der Waals surface area contributed by atoms with Crippen LogP contribution in [0.2, 0.25) is 0 Å². The molecule has 0 saturated heterocycles. The Morgan fingerprint density at radius 1 is 0.952 bits per heavy atom. The Balaban J connectivity index is 2.18. The fourth-order valence-electron chi connectivity index (χ4n) is 2.39. The zero-order valence-electron chi connectivity index (χ0n) is 13.1. The molecule has 0 aliphatic rings. The van der Waals surface area contributed by atoms with E-state index in [1.807, 2.05) is 30.3 Å². The predicted molar refractivity (Wildman–Crippen MR) is 87.0 cm³/mol. The molecule has 0 radical (unpaired) electrons. The number of hydrogen-bond donors (Lipinski definition) is 1. The summed E-state index contributed by atoms with van der Waals surface area (Å²) >= 11 is 0. The van der Waals surface area contributed by atoms with Gasteiger partial charge in [-0.15, -0.1) is 0 Å². The lowest BCUT2D eigenvalue weighted by Crippen LogP contribution is -2.39. The van der Waals surface area contributed by atoms with Crippen LogP contribution in [0.15, 0.2) is 54.6 Å². The van der Waals surface area contributed by atoms with Gasteiger partial charge in [-0.05, 0) is 44.4 Å². The fourth-order valence-corrected chi connectivity index (χ4v) is 2.39. The van der Waals surface area contributed by atoms with Crippen molar-refractivity contribution in [2.45, 2.75) is 38.6 Å². The number of nitrogens with one attached hydrogen (secondary N) is 1. The second-order valence-corrected chi connectivity index (χ2v) is 6.53.